The van der Waals surface area contributed by atoms with Gasteiger partial charge in [-0.25, -0.2) is 0 Å². The van der Waals surface area contributed by atoms with Gasteiger partial charge in [0.05, 0.1) is 19.1 Å². The number of rotatable bonds is 2. The zero-order chi connectivity index (χ0) is 8.55. The fourth-order valence-corrected chi connectivity index (χ4v) is 1.57. The summed E-state index contributed by atoms with van der Waals surface area (Å²) in [6.07, 6.45) is 2.41. The van der Waals surface area contributed by atoms with E-state index in [-0.39, 0.29) is 11.8 Å². The molecule has 1 amide bonds. The Hall–Kier alpha value is -0.570. The lowest BCUT2D eigenvalue weighted by atomic mass is 9.81. The van der Waals surface area contributed by atoms with Crippen molar-refractivity contribution < 1.29 is 9.53 Å². The molecular weight excluding hydrogens is 154 g/mol. The lowest BCUT2D eigenvalue weighted by Crippen LogP contribution is -2.51. The van der Waals surface area contributed by atoms with E-state index in [1.807, 2.05) is 0 Å². The number of carbonyl (C=O) groups is 1. The van der Waals surface area contributed by atoms with Gasteiger partial charge < -0.3 is 10.1 Å². The van der Waals surface area contributed by atoms with Crippen molar-refractivity contribution in [3.05, 3.63) is 0 Å². The molecule has 0 aromatic rings. The maximum atomic E-state index is 11.4. The van der Waals surface area contributed by atoms with Gasteiger partial charge in [-0.1, -0.05) is 6.92 Å². The minimum atomic E-state index is 0.137. The molecule has 1 saturated carbocycles. The van der Waals surface area contributed by atoms with E-state index in [4.69, 9.17) is 4.74 Å². The smallest absolute Gasteiger partial charge is 0.228 e. The van der Waals surface area contributed by atoms with Crippen LogP contribution in [-0.2, 0) is 9.53 Å². The zero-order valence-electron chi connectivity index (χ0n) is 7.38. The quantitative estimate of drug-likeness (QED) is 0.655. The second kappa shape index (κ2) is 3.05. The van der Waals surface area contributed by atoms with E-state index in [1.54, 1.807) is 0 Å². The van der Waals surface area contributed by atoms with E-state index in [9.17, 15) is 4.79 Å². The Balaban J connectivity index is 1.74. The molecule has 1 N–H and O–H groups in total. The van der Waals surface area contributed by atoms with Crippen LogP contribution in [-0.4, -0.2) is 25.2 Å². The second-order valence-corrected chi connectivity index (χ2v) is 3.90. The third-order valence-electron chi connectivity index (χ3n) is 2.96. The molecule has 0 spiro atoms. The molecule has 1 aliphatic heterocycles. The first-order chi connectivity index (χ1) is 5.77. The Morgan fingerprint density at radius 2 is 2.17 bits per heavy atom. The molecule has 0 aromatic heterocycles. The maximum Gasteiger partial charge on any atom is 0.228 e. The van der Waals surface area contributed by atoms with E-state index in [2.05, 4.69) is 12.2 Å². The fraction of sp³-hybridized carbons (Fsp3) is 0.889. The Labute approximate surface area is 72.5 Å². The third kappa shape index (κ3) is 1.33. The van der Waals surface area contributed by atoms with Gasteiger partial charge in [0.2, 0.25) is 5.91 Å². The number of amides is 1. The lowest BCUT2D eigenvalue weighted by molar-refractivity contribution is -0.140. The van der Waals surface area contributed by atoms with Crippen LogP contribution in [0.15, 0.2) is 0 Å². The Bertz CT molecular complexity index is 189. The summed E-state index contributed by atoms with van der Waals surface area (Å²) in [6, 6.07) is 0.443. The predicted molar refractivity (Wildman–Crippen MR) is 44.6 cm³/mol. The molecule has 2 rings (SSSR count). The number of nitrogens with one attached hydrogen (secondary N) is 1. The SMILES string of the molecule is CC1CCC1NC(=O)C1COC1. The Morgan fingerprint density at radius 3 is 2.50 bits per heavy atom. The van der Waals surface area contributed by atoms with E-state index >= 15 is 0 Å². The predicted octanol–water partition coefficient (Wildman–Crippen LogP) is 0.547. The summed E-state index contributed by atoms with van der Waals surface area (Å²) in [7, 11) is 0. The molecule has 12 heavy (non-hydrogen) atoms. The summed E-state index contributed by atoms with van der Waals surface area (Å²) >= 11 is 0. The van der Waals surface area contributed by atoms with Crippen molar-refractivity contribution in [2.24, 2.45) is 11.8 Å². The maximum absolute atomic E-state index is 11.4. The topological polar surface area (TPSA) is 38.3 Å². The average Bonchev–Trinajstić information content (AvgIpc) is 1.94. The minimum Gasteiger partial charge on any atom is -0.380 e. The van der Waals surface area contributed by atoms with Crippen LogP contribution < -0.4 is 5.32 Å². The van der Waals surface area contributed by atoms with Gasteiger partial charge in [-0.3, -0.25) is 4.79 Å². The highest BCUT2D eigenvalue weighted by Crippen LogP contribution is 2.26. The molecule has 0 radical (unpaired) electrons. The van der Waals surface area contributed by atoms with Crippen LogP contribution >= 0.6 is 0 Å². The summed E-state index contributed by atoms with van der Waals surface area (Å²) in [5.41, 5.74) is 0. The highest BCUT2D eigenvalue weighted by molar-refractivity contribution is 5.80. The Kier molecular flexibility index (Phi) is 2.05. The van der Waals surface area contributed by atoms with Crippen LogP contribution in [0.3, 0.4) is 0 Å². The molecule has 0 bridgehead atoms. The highest BCUT2D eigenvalue weighted by Gasteiger charge is 2.32. The van der Waals surface area contributed by atoms with Gasteiger partial charge in [0.15, 0.2) is 0 Å². The number of ether oxygens (including phenoxy) is 1. The molecule has 2 unspecified atom stereocenters. The van der Waals surface area contributed by atoms with Crippen LogP contribution in [0.25, 0.3) is 0 Å². The van der Waals surface area contributed by atoms with Gasteiger partial charge in [-0.05, 0) is 18.8 Å². The van der Waals surface area contributed by atoms with Crippen molar-refractivity contribution in [2.45, 2.75) is 25.8 Å². The highest BCUT2D eigenvalue weighted by atomic mass is 16.5. The standard InChI is InChI=1S/C9H15NO2/c1-6-2-3-8(6)10-9(11)7-4-12-5-7/h6-8H,2-5H2,1H3,(H,10,11). The van der Waals surface area contributed by atoms with Crippen molar-refractivity contribution >= 4 is 5.91 Å². The van der Waals surface area contributed by atoms with Gasteiger partial charge in [0.25, 0.3) is 0 Å². The van der Waals surface area contributed by atoms with Gasteiger partial charge in [-0.2, -0.15) is 0 Å². The molecule has 3 nitrogen and oxygen atoms in total. The van der Waals surface area contributed by atoms with Crippen LogP contribution in [0.1, 0.15) is 19.8 Å². The van der Waals surface area contributed by atoms with E-state index in [0.29, 0.717) is 25.2 Å². The molecule has 2 aliphatic rings. The van der Waals surface area contributed by atoms with E-state index in [0.717, 1.165) is 6.42 Å². The first-order valence-corrected chi connectivity index (χ1v) is 4.65. The van der Waals surface area contributed by atoms with Gasteiger partial charge >= 0.3 is 0 Å². The van der Waals surface area contributed by atoms with E-state index in [1.165, 1.54) is 6.42 Å². The molecule has 1 saturated heterocycles. The van der Waals surface area contributed by atoms with Crippen LogP contribution in [0.2, 0.25) is 0 Å². The first-order valence-electron chi connectivity index (χ1n) is 4.65. The van der Waals surface area contributed by atoms with Crippen LogP contribution in [0.5, 0.6) is 0 Å². The summed E-state index contributed by atoms with van der Waals surface area (Å²) in [6.45, 7) is 3.42. The first kappa shape index (κ1) is 8.05. The summed E-state index contributed by atoms with van der Waals surface area (Å²) in [5.74, 6) is 1.01. The van der Waals surface area contributed by atoms with Gasteiger partial charge in [-0.15, -0.1) is 0 Å². The molecule has 68 valence electrons. The van der Waals surface area contributed by atoms with E-state index < -0.39 is 0 Å². The average molecular weight is 169 g/mol. The lowest BCUT2D eigenvalue weighted by Gasteiger charge is -2.36. The molecule has 1 aliphatic carbocycles. The third-order valence-corrected chi connectivity index (χ3v) is 2.96. The van der Waals surface area contributed by atoms with Crippen LogP contribution in [0.4, 0.5) is 0 Å². The molecule has 3 heteroatoms. The molecule has 0 aromatic carbocycles. The van der Waals surface area contributed by atoms with Crippen molar-refractivity contribution in [3.8, 4) is 0 Å². The monoisotopic (exact) mass is 169 g/mol. The number of carbonyl (C=O) groups excluding carboxylic acids is 1. The van der Waals surface area contributed by atoms with Crippen molar-refractivity contribution in [1.29, 1.82) is 0 Å². The summed E-state index contributed by atoms with van der Waals surface area (Å²) in [4.78, 5) is 11.4. The van der Waals surface area contributed by atoms with Gasteiger partial charge in [0.1, 0.15) is 0 Å². The molecule has 2 fully saturated rings. The molecule has 2 atom stereocenters. The summed E-state index contributed by atoms with van der Waals surface area (Å²) < 4.78 is 4.96. The largest absolute Gasteiger partial charge is 0.380 e. The van der Waals surface area contributed by atoms with Gasteiger partial charge in [0, 0.05) is 6.04 Å². The van der Waals surface area contributed by atoms with Crippen molar-refractivity contribution in [2.75, 3.05) is 13.2 Å². The number of hydrogen-bond acceptors (Lipinski definition) is 2. The normalized spacial score (nSPS) is 35.1. The van der Waals surface area contributed by atoms with Crippen molar-refractivity contribution in [1.82, 2.24) is 5.32 Å². The molecular formula is C9H15NO2. The number of hydrogen-bond donors (Lipinski definition) is 1. The fourth-order valence-electron chi connectivity index (χ4n) is 1.57. The van der Waals surface area contributed by atoms with Crippen molar-refractivity contribution in [3.63, 3.8) is 0 Å². The summed E-state index contributed by atoms with van der Waals surface area (Å²) in [5, 5.41) is 3.05. The Morgan fingerprint density at radius 1 is 1.42 bits per heavy atom. The van der Waals surface area contributed by atoms with Crippen LogP contribution in [0, 0.1) is 11.8 Å². The zero-order valence-corrected chi connectivity index (χ0v) is 7.38. The molecule has 1 heterocycles. The second-order valence-electron chi connectivity index (χ2n) is 3.90. The minimum absolute atomic E-state index is 0.137.